The minimum atomic E-state index is -3.68. The van der Waals surface area contributed by atoms with Gasteiger partial charge in [-0.25, -0.2) is 8.42 Å². The Hall–Kier alpha value is -2.42. The van der Waals surface area contributed by atoms with Crippen LogP contribution >= 0.6 is 11.5 Å². The van der Waals surface area contributed by atoms with Gasteiger partial charge in [-0.2, -0.15) is 4.37 Å². The average molecular weight is 416 g/mol. The largest absolute Gasteiger partial charge is 0.493 e. The normalized spacial score (nSPS) is 16.4. The van der Waals surface area contributed by atoms with E-state index < -0.39 is 10.0 Å². The van der Waals surface area contributed by atoms with Crippen LogP contribution in [0.4, 0.5) is 5.00 Å². The molecule has 0 bridgehead atoms. The Labute approximate surface area is 169 Å². The highest BCUT2D eigenvalue weighted by molar-refractivity contribution is 7.93. The second kappa shape index (κ2) is 7.90. The van der Waals surface area contributed by atoms with Crippen molar-refractivity contribution in [2.45, 2.75) is 23.9 Å². The number of nitrogens with zero attached hydrogens (tertiary/aromatic N) is 2. The molecule has 28 heavy (non-hydrogen) atoms. The van der Waals surface area contributed by atoms with Gasteiger partial charge in [0.05, 0.1) is 11.5 Å². The van der Waals surface area contributed by atoms with Crippen molar-refractivity contribution in [2.75, 3.05) is 18.4 Å². The Bertz CT molecular complexity index is 1040. The molecule has 8 heteroatoms. The zero-order chi connectivity index (χ0) is 19.6. The molecule has 0 aliphatic carbocycles. The zero-order valence-corrected chi connectivity index (χ0v) is 17.0. The number of ether oxygens (including phenoxy) is 1. The molecule has 146 valence electrons. The number of nitrogens with one attached hydrogen (secondary N) is 1. The quantitative estimate of drug-likeness (QED) is 0.661. The van der Waals surface area contributed by atoms with Crippen molar-refractivity contribution in [1.82, 2.24) is 9.27 Å². The van der Waals surface area contributed by atoms with Gasteiger partial charge in [0.15, 0.2) is 0 Å². The first kappa shape index (κ1) is 18.9. The summed E-state index contributed by atoms with van der Waals surface area (Å²) in [7, 11) is -1.59. The first-order valence-electron chi connectivity index (χ1n) is 8.97. The minimum absolute atomic E-state index is 0.176. The lowest BCUT2D eigenvalue weighted by Crippen LogP contribution is -2.29. The molecule has 3 aromatic rings. The van der Waals surface area contributed by atoms with Crippen molar-refractivity contribution >= 4 is 26.6 Å². The van der Waals surface area contributed by atoms with Crippen LogP contribution in [0, 0.1) is 0 Å². The van der Waals surface area contributed by atoms with Gasteiger partial charge in [-0.05, 0) is 36.3 Å². The first-order chi connectivity index (χ1) is 13.5. The van der Waals surface area contributed by atoms with E-state index in [1.807, 2.05) is 24.3 Å². The molecule has 1 aliphatic heterocycles. The summed E-state index contributed by atoms with van der Waals surface area (Å²) in [5.74, 6) is 0.628. The Morgan fingerprint density at radius 1 is 1.21 bits per heavy atom. The van der Waals surface area contributed by atoms with Gasteiger partial charge in [0.2, 0.25) is 0 Å². The Morgan fingerprint density at radius 3 is 2.79 bits per heavy atom. The number of sulfonamides is 1. The molecule has 0 saturated carbocycles. The molecule has 0 spiro atoms. The van der Waals surface area contributed by atoms with Crippen molar-refractivity contribution in [1.29, 1.82) is 0 Å². The van der Waals surface area contributed by atoms with Gasteiger partial charge in [-0.3, -0.25) is 9.62 Å². The number of hydrogen-bond donors (Lipinski definition) is 1. The molecule has 0 amide bonds. The summed E-state index contributed by atoms with van der Waals surface area (Å²) in [6.45, 7) is 1.38. The zero-order valence-electron chi connectivity index (χ0n) is 15.4. The fourth-order valence-electron chi connectivity index (χ4n) is 3.42. The molecule has 2 aromatic carbocycles. The SMILES string of the molecule is CN(Cc1ccccc1)[C@H]1CCOc2cc(S(=O)(=O)Nc3ccns3)ccc21. The van der Waals surface area contributed by atoms with E-state index in [0.717, 1.165) is 30.1 Å². The van der Waals surface area contributed by atoms with Gasteiger partial charge in [0.25, 0.3) is 10.0 Å². The Kier molecular flexibility index (Phi) is 5.34. The van der Waals surface area contributed by atoms with Crippen molar-refractivity contribution < 1.29 is 13.2 Å². The smallest absolute Gasteiger partial charge is 0.262 e. The summed E-state index contributed by atoms with van der Waals surface area (Å²) in [5, 5.41) is 0.485. The topological polar surface area (TPSA) is 71.5 Å². The van der Waals surface area contributed by atoms with Crippen molar-refractivity contribution in [3.8, 4) is 5.75 Å². The molecule has 0 fully saturated rings. The number of fused-ring (bicyclic) bond motifs is 1. The molecule has 4 rings (SSSR count). The first-order valence-corrected chi connectivity index (χ1v) is 11.2. The van der Waals surface area contributed by atoms with Crippen molar-refractivity contribution in [2.24, 2.45) is 0 Å². The number of rotatable bonds is 6. The van der Waals surface area contributed by atoms with E-state index in [-0.39, 0.29) is 10.9 Å². The maximum absolute atomic E-state index is 12.6. The minimum Gasteiger partial charge on any atom is -0.493 e. The van der Waals surface area contributed by atoms with Crippen LogP contribution in [0.15, 0.2) is 65.7 Å². The van der Waals surface area contributed by atoms with Gasteiger partial charge in [0, 0.05) is 36.8 Å². The highest BCUT2D eigenvalue weighted by atomic mass is 32.2. The van der Waals surface area contributed by atoms with Crippen LogP contribution in [0.2, 0.25) is 0 Å². The van der Waals surface area contributed by atoms with Crippen LogP contribution in [-0.2, 0) is 16.6 Å². The summed E-state index contributed by atoms with van der Waals surface area (Å²) in [4.78, 5) is 2.46. The fourth-order valence-corrected chi connectivity index (χ4v) is 5.21. The Morgan fingerprint density at radius 2 is 2.04 bits per heavy atom. The summed E-state index contributed by atoms with van der Waals surface area (Å²) in [6.07, 6.45) is 2.42. The Balaban J connectivity index is 1.57. The highest BCUT2D eigenvalue weighted by Crippen LogP contribution is 2.37. The van der Waals surface area contributed by atoms with Gasteiger partial charge in [-0.15, -0.1) is 0 Å². The predicted octanol–water partition coefficient (Wildman–Crippen LogP) is 3.90. The van der Waals surface area contributed by atoms with Gasteiger partial charge < -0.3 is 4.74 Å². The summed E-state index contributed by atoms with van der Waals surface area (Å²) >= 11 is 1.10. The van der Waals surface area contributed by atoms with Crippen LogP contribution in [0.25, 0.3) is 0 Å². The lowest BCUT2D eigenvalue weighted by molar-refractivity contribution is 0.160. The van der Waals surface area contributed by atoms with Crippen LogP contribution in [0.5, 0.6) is 5.75 Å². The monoisotopic (exact) mass is 415 g/mol. The van der Waals surface area contributed by atoms with Crippen molar-refractivity contribution in [3.63, 3.8) is 0 Å². The molecule has 1 aliphatic rings. The molecule has 1 N–H and O–H groups in total. The third-order valence-corrected chi connectivity index (χ3v) is 6.94. The lowest BCUT2D eigenvalue weighted by Gasteiger charge is -2.33. The van der Waals surface area contributed by atoms with E-state index in [1.165, 1.54) is 5.56 Å². The lowest BCUT2D eigenvalue weighted by atomic mass is 9.99. The number of benzene rings is 2. The molecule has 0 saturated heterocycles. The van der Waals surface area contributed by atoms with Crippen LogP contribution in [0.3, 0.4) is 0 Å². The number of anilines is 1. The van der Waals surface area contributed by atoms with Gasteiger partial charge in [0.1, 0.15) is 10.8 Å². The van der Waals surface area contributed by atoms with E-state index in [9.17, 15) is 8.42 Å². The van der Waals surface area contributed by atoms with Crippen LogP contribution in [0.1, 0.15) is 23.6 Å². The average Bonchev–Trinajstić information content (AvgIpc) is 3.20. The van der Waals surface area contributed by atoms with Crippen LogP contribution in [-0.4, -0.2) is 31.3 Å². The van der Waals surface area contributed by atoms with E-state index in [1.54, 1.807) is 24.4 Å². The number of aromatic nitrogens is 1. The van der Waals surface area contributed by atoms with E-state index in [2.05, 4.69) is 33.2 Å². The third kappa shape index (κ3) is 4.04. The molecular formula is C20H21N3O3S2. The summed E-state index contributed by atoms with van der Waals surface area (Å²) < 4.78 is 37.6. The van der Waals surface area contributed by atoms with Gasteiger partial charge >= 0.3 is 0 Å². The molecule has 2 heterocycles. The molecule has 6 nitrogen and oxygen atoms in total. The standard InChI is InChI=1S/C20H21N3O3S2/c1-23(14-15-5-3-2-4-6-15)18-10-12-26-19-13-16(7-8-17(18)19)28(24,25)22-20-9-11-21-27-20/h2-9,11,13,18,22H,10,12,14H2,1H3/t18-/m0/s1. The molecule has 0 unspecified atom stereocenters. The fraction of sp³-hybridized carbons (Fsp3) is 0.250. The second-order valence-corrected chi connectivity index (χ2v) is 9.25. The van der Waals surface area contributed by atoms with Crippen molar-refractivity contribution in [3.05, 3.63) is 71.9 Å². The predicted molar refractivity (Wildman–Crippen MR) is 110 cm³/mol. The maximum atomic E-state index is 12.6. The molecular weight excluding hydrogens is 394 g/mol. The highest BCUT2D eigenvalue weighted by Gasteiger charge is 2.27. The summed E-state index contributed by atoms with van der Waals surface area (Å²) in [5.41, 5.74) is 2.26. The van der Waals surface area contributed by atoms with Gasteiger partial charge in [-0.1, -0.05) is 36.4 Å². The summed E-state index contributed by atoms with van der Waals surface area (Å²) in [6, 6.07) is 17.2. The number of hydrogen-bond acceptors (Lipinski definition) is 6. The van der Waals surface area contributed by atoms with E-state index >= 15 is 0 Å². The van der Waals surface area contributed by atoms with E-state index in [4.69, 9.17) is 4.74 Å². The second-order valence-electron chi connectivity index (χ2n) is 6.74. The van der Waals surface area contributed by atoms with Crippen LogP contribution < -0.4 is 9.46 Å². The molecule has 0 radical (unpaired) electrons. The maximum Gasteiger partial charge on any atom is 0.262 e. The molecule has 1 aromatic heterocycles. The molecule has 1 atom stereocenters. The van der Waals surface area contributed by atoms with E-state index in [0.29, 0.717) is 17.4 Å². The third-order valence-electron chi connectivity index (χ3n) is 4.78.